The van der Waals surface area contributed by atoms with Gasteiger partial charge in [0.2, 0.25) is 11.6 Å². The van der Waals surface area contributed by atoms with Crippen molar-refractivity contribution in [1.29, 1.82) is 0 Å². The van der Waals surface area contributed by atoms with Crippen LogP contribution in [0.5, 0.6) is 0 Å². The average molecular weight is 377 g/mol. The number of aromatic nitrogens is 2. The van der Waals surface area contributed by atoms with Crippen molar-refractivity contribution in [2.24, 2.45) is 0 Å². The van der Waals surface area contributed by atoms with Crippen LogP contribution in [0.15, 0.2) is 42.0 Å². The zero-order chi connectivity index (χ0) is 18.5. The Labute approximate surface area is 150 Å². The molecule has 0 aliphatic rings. The van der Waals surface area contributed by atoms with Gasteiger partial charge in [0, 0.05) is 23.2 Å². The maximum Gasteiger partial charge on any atom is 0.353 e. The third-order valence-corrected chi connectivity index (χ3v) is 4.37. The molecule has 2 heterocycles. The van der Waals surface area contributed by atoms with E-state index in [1.807, 2.05) is 17.5 Å². The normalized spacial score (nSPS) is 10.5. The summed E-state index contributed by atoms with van der Waals surface area (Å²) in [4.78, 5) is 19.7. The number of anilines is 3. The Morgan fingerprint density at radius 2 is 1.96 bits per heavy atom. The third-order valence-electron chi connectivity index (χ3n) is 3.43. The van der Waals surface area contributed by atoms with E-state index in [2.05, 4.69) is 20.6 Å². The molecule has 0 aliphatic heterocycles. The van der Waals surface area contributed by atoms with Crippen LogP contribution in [0.1, 0.15) is 4.88 Å². The van der Waals surface area contributed by atoms with Crippen molar-refractivity contribution in [1.82, 2.24) is 9.97 Å². The number of hydrogen-bond donors (Lipinski definition) is 2. The van der Waals surface area contributed by atoms with Crippen LogP contribution in [-0.4, -0.2) is 21.4 Å². The van der Waals surface area contributed by atoms with E-state index >= 15 is 0 Å². The molecule has 3 rings (SSSR count). The van der Waals surface area contributed by atoms with Gasteiger partial charge in [-0.25, -0.2) is 18.7 Å². The van der Waals surface area contributed by atoms with Crippen LogP contribution in [-0.2, 0) is 6.42 Å². The van der Waals surface area contributed by atoms with Crippen molar-refractivity contribution < 1.29 is 13.7 Å². The van der Waals surface area contributed by atoms with Crippen molar-refractivity contribution >= 4 is 34.3 Å². The first-order chi connectivity index (χ1) is 12.5. The highest BCUT2D eigenvalue weighted by Gasteiger charge is 2.23. The summed E-state index contributed by atoms with van der Waals surface area (Å²) in [7, 11) is 0. The Balaban J connectivity index is 1.80. The molecule has 0 amide bonds. The van der Waals surface area contributed by atoms with Crippen LogP contribution in [0.3, 0.4) is 0 Å². The molecule has 0 atom stereocenters. The number of halogens is 2. The van der Waals surface area contributed by atoms with Gasteiger partial charge in [-0.2, -0.15) is 0 Å². The average Bonchev–Trinajstić information content (AvgIpc) is 3.11. The lowest BCUT2D eigenvalue weighted by molar-refractivity contribution is -0.383. The number of nitro groups is 1. The lowest BCUT2D eigenvalue weighted by atomic mass is 10.3. The van der Waals surface area contributed by atoms with E-state index in [1.165, 1.54) is 6.07 Å². The van der Waals surface area contributed by atoms with Crippen LogP contribution in [0.4, 0.5) is 31.8 Å². The summed E-state index contributed by atoms with van der Waals surface area (Å²) in [6.45, 7) is 0.447. The molecular formula is C16H13F2N5O2S. The van der Waals surface area contributed by atoms with Gasteiger partial charge in [0.15, 0.2) is 11.6 Å². The fourth-order valence-corrected chi connectivity index (χ4v) is 2.95. The topological polar surface area (TPSA) is 93.0 Å². The first-order valence-electron chi connectivity index (χ1n) is 7.52. The van der Waals surface area contributed by atoms with Crippen LogP contribution in [0.2, 0.25) is 0 Å². The van der Waals surface area contributed by atoms with E-state index in [0.29, 0.717) is 13.0 Å². The highest BCUT2D eigenvalue weighted by Crippen LogP contribution is 2.31. The number of thiophene rings is 1. The number of nitrogens with zero attached hydrogens (tertiary/aromatic N) is 3. The van der Waals surface area contributed by atoms with E-state index in [0.717, 1.165) is 23.3 Å². The molecule has 7 nitrogen and oxygen atoms in total. The Hall–Kier alpha value is -3.14. The lowest BCUT2D eigenvalue weighted by Crippen LogP contribution is -2.10. The molecule has 0 unspecified atom stereocenters. The largest absolute Gasteiger partial charge is 0.364 e. The second-order valence-corrected chi connectivity index (χ2v) is 6.22. The standard InChI is InChI=1S/C16H13F2N5O2S/c17-12-4-3-10(8-13(12)18)22-16-14(23(24)25)15(20-9-21-16)19-6-5-11-2-1-7-26-11/h1-4,7-9H,5-6H2,(H2,19,20,21,22). The second-order valence-electron chi connectivity index (χ2n) is 5.19. The lowest BCUT2D eigenvalue weighted by Gasteiger charge is -2.10. The quantitative estimate of drug-likeness (QED) is 0.475. The van der Waals surface area contributed by atoms with Gasteiger partial charge in [0.25, 0.3) is 0 Å². The Bertz CT molecular complexity index is 921. The summed E-state index contributed by atoms with van der Waals surface area (Å²) in [5.74, 6) is -2.15. The summed E-state index contributed by atoms with van der Waals surface area (Å²) in [5, 5.41) is 19.0. The molecule has 0 saturated heterocycles. The maximum absolute atomic E-state index is 13.3. The second kappa shape index (κ2) is 7.83. The van der Waals surface area contributed by atoms with Gasteiger partial charge in [-0.3, -0.25) is 10.1 Å². The summed E-state index contributed by atoms with van der Waals surface area (Å²) >= 11 is 1.59. The van der Waals surface area contributed by atoms with Gasteiger partial charge in [0.05, 0.1) is 4.92 Å². The van der Waals surface area contributed by atoms with E-state index in [-0.39, 0.29) is 23.0 Å². The van der Waals surface area contributed by atoms with Crippen LogP contribution < -0.4 is 10.6 Å². The van der Waals surface area contributed by atoms with Gasteiger partial charge in [-0.15, -0.1) is 11.3 Å². The molecule has 26 heavy (non-hydrogen) atoms. The van der Waals surface area contributed by atoms with E-state index < -0.39 is 16.6 Å². The molecule has 3 aromatic rings. The van der Waals surface area contributed by atoms with Gasteiger partial charge in [0.1, 0.15) is 6.33 Å². The zero-order valence-electron chi connectivity index (χ0n) is 13.3. The van der Waals surface area contributed by atoms with Gasteiger partial charge in [-0.1, -0.05) is 6.07 Å². The fraction of sp³-hybridized carbons (Fsp3) is 0.125. The van der Waals surface area contributed by atoms with Crippen molar-refractivity contribution in [3.8, 4) is 0 Å². The van der Waals surface area contributed by atoms with Crippen LogP contribution in [0, 0.1) is 21.7 Å². The summed E-state index contributed by atoms with van der Waals surface area (Å²) in [6, 6.07) is 6.97. The van der Waals surface area contributed by atoms with E-state index in [9.17, 15) is 18.9 Å². The maximum atomic E-state index is 13.3. The van der Waals surface area contributed by atoms with Gasteiger partial charge in [-0.05, 0) is 30.0 Å². The highest BCUT2D eigenvalue weighted by molar-refractivity contribution is 7.09. The van der Waals surface area contributed by atoms with Gasteiger partial charge < -0.3 is 10.6 Å². The van der Waals surface area contributed by atoms with E-state index in [1.54, 1.807) is 11.3 Å². The molecule has 0 fully saturated rings. The highest BCUT2D eigenvalue weighted by atomic mass is 32.1. The zero-order valence-corrected chi connectivity index (χ0v) is 14.1. The van der Waals surface area contributed by atoms with Crippen LogP contribution >= 0.6 is 11.3 Å². The van der Waals surface area contributed by atoms with Crippen molar-refractivity contribution in [2.45, 2.75) is 6.42 Å². The van der Waals surface area contributed by atoms with Crippen LogP contribution in [0.25, 0.3) is 0 Å². The van der Waals surface area contributed by atoms with Gasteiger partial charge >= 0.3 is 5.69 Å². The first-order valence-corrected chi connectivity index (χ1v) is 8.40. The molecule has 10 heteroatoms. The van der Waals surface area contributed by atoms with E-state index in [4.69, 9.17) is 0 Å². The number of rotatable bonds is 7. The molecule has 0 aliphatic carbocycles. The smallest absolute Gasteiger partial charge is 0.353 e. The minimum atomic E-state index is -1.07. The SMILES string of the molecule is O=[N+]([O-])c1c(NCCc2cccs2)ncnc1Nc1ccc(F)c(F)c1. The monoisotopic (exact) mass is 377 g/mol. The molecular weight excluding hydrogens is 364 g/mol. The number of nitrogens with one attached hydrogen (secondary N) is 2. The Kier molecular flexibility index (Phi) is 5.32. The molecule has 2 N–H and O–H groups in total. The predicted octanol–water partition coefficient (Wildman–Crippen LogP) is 4.12. The summed E-state index contributed by atoms with van der Waals surface area (Å²) in [6.07, 6.45) is 1.84. The molecule has 2 aromatic heterocycles. The molecule has 0 bridgehead atoms. The predicted molar refractivity (Wildman–Crippen MR) is 94.8 cm³/mol. The minimum absolute atomic E-state index is 0.0478. The molecule has 1 aromatic carbocycles. The summed E-state index contributed by atoms with van der Waals surface area (Å²) in [5.41, 5.74) is -0.237. The molecule has 0 radical (unpaired) electrons. The van der Waals surface area contributed by atoms with Crippen molar-refractivity contribution in [3.05, 3.63) is 68.7 Å². The minimum Gasteiger partial charge on any atom is -0.364 e. The molecule has 0 saturated carbocycles. The number of benzene rings is 1. The van der Waals surface area contributed by atoms with Crippen molar-refractivity contribution in [2.75, 3.05) is 17.2 Å². The number of hydrogen-bond acceptors (Lipinski definition) is 7. The molecule has 134 valence electrons. The molecule has 0 spiro atoms. The first kappa shape index (κ1) is 17.7. The summed E-state index contributed by atoms with van der Waals surface area (Å²) < 4.78 is 26.3. The Morgan fingerprint density at radius 1 is 1.15 bits per heavy atom. The third kappa shape index (κ3) is 4.09. The van der Waals surface area contributed by atoms with Crippen molar-refractivity contribution in [3.63, 3.8) is 0 Å². The fourth-order valence-electron chi connectivity index (χ4n) is 2.24. The Morgan fingerprint density at radius 3 is 2.65 bits per heavy atom.